The molecule has 0 radical (unpaired) electrons. The molecule has 0 saturated carbocycles. The number of unbranched alkanes of at least 4 members (excludes halogenated alkanes) is 22. The number of hydrogen-bond donors (Lipinski definition) is 0. The van der Waals surface area contributed by atoms with Crippen molar-refractivity contribution in [1.29, 1.82) is 0 Å². The molecule has 0 aromatic carbocycles. The van der Waals surface area contributed by atoms with E-state index in [0.717, 1.165) is 83.5 Å². The molecule has 1 atom stereocenters. The van der Waals surface area contributed by atoms with Crippen LogP contribution in [0.4, 0.5) is 0 Å². The molecule has 5 nitrogen and oxygen atoms in total. The summed E-state index contributed by atoms with van der Waals surface area (Å²) in [5, 5.41) is 0. The standard InChI is InChI=1S/C63H106O5/c1-4-7-10-13-16-19-22-25-27-29-31-33-35-37-40-43-46-49-52-55-58-66-59-61(68-63(65)57-54-51-48-45-42-38-24-21-18-15-12-9-6-3)60-67-62(64)56-53-50-47-44-41-39-36-34-32-30-28-26-23-20-17-14-11-8-5-2/h9,12,16-21,25-28,32,34,38,42,48,51,61H,4-8,10-11,13-15,22-24,29-31,33,35-37,39-41,43-47,49-50,52-60H2,1-3H3/b12-9-,19-16-,20-17-,21-18-,27-25-,28-26-,34-32-,42-38-,51-48-. The van der Waals surface area contributed by atoms with Crippen LogP contribution in [0.25, 0.3) is 0 Å². The van der Waals surface area contributed by atoms with Crippen molar-refractivity contribution in [3.8, 4) is 0 Å². The van der Waals surface area contributed by atoms with E-state index in [-0.39, 0.29) is 25.2 Å². The van der Waals surface area contributed by atoms with Gasteiger partial charge in [-0.25, -0.2) is 0 Å². The van der Waals surface area contributed by atoms with Crippen LogP contribution >= 0.6 is 0 Å². The molecule has 0 aromatic heterocycles. The summed E-state index contributed by atoms with van der Waals surface area (Å²) in [7, 11) is 0. The van der Waals surface area contributed by atoms with E-state index in [4.69, 9.17) is 14.2 Å². The smallest absolute Gasteiger partial charge is 0.306 e. The average Bonchev–Trinajstić information content (AvgIpc) is 3.34. The molecule has 5 heteroatoms. The predicted molar refractivity (Wildman–Crippen MR) is 297 cm³/mol. The molecule has 0 aliphatic rings. The third kappa shape index (κ3) is 55.2. The molecule has 0 fully saturated rings. The zero-order valence-electron chi connectivity index (χ0n) is 44.6. The van der Waals surface area contributed by atoms with Gasteiger partial charge in [-0.1, -0.05) is 233 Å². The van der Waals surface area contributed by atoms with Crippen LogP contribution in [-0.2, 0) is 23.8 Å². The van der Waals surface area contributed by atoms with Gasteiger partial charge in [0, 0.05) is 19.4 Å². The van der Waals surface area contributed by atoms with E-state index in [0.29, 0.717) is 25.9 Å². The highest BCUT2D eigenvalue weighted by Gasteiger charge is 2.17. The molecular weight excluding hydrogens is 837 g/mol. The van der Waals surface area contributed by atoms with Gasteiger partial charge < -0.3 is 14.2 Å². The summed E-state index contributed by atoms with van der Waals surface area (Å²) in [6.45, 7) is 7.57. The topological polar surface area (TPSA) is 61.8 Å². The Hall–Kier alpha value is -3.44. The van der Waals surface area contributed by atoms with Crippen LogP contribution in [0.2, 0.25) is 0 Å². The maximum absolute atomic E-state index is 12.8. The van der Waals surface area contributed by atoms with Crippen molar-refractivity contribution in [2.24, 2.45) is 0 Å². The Kier molecular flexibility index (Phi) is 54.9. The van der Waals surface area contributed by atoms with Gasteiger partial charge in [-0.3, -0.25) is 9.59 Å². The van der Waals surface area contributed by atoms with Crippen LogP contribution in [0.5, 0.6) is 0 Å². The summed E-state index contributed by atoms with van der Waals surface area (Å²) >= 11 is 0. The van der Waals surface area contributed by atoms with Crippen molar-refractivity contribution in [1.82, 2.24) is 0 Å². The first-order valence-electron chi connectivity index (χ1n) is 28.4. The molecule has 0 N–H and O–H groups in total. The summed E-state index contributed by atoms with van der Waals surface area (Å²) in [6, 6.07) is 0. The van der Waals surface area contributed by atoms with Crippen molar-refractivity contribution in [2.45, 2.75) is 258 Å². The summed E-state index contributed by atoms with van der Waals surface area (Å²) in [4.78, 5) is 25.4. The number of allylic oxidation sites excluding steroid dienone is 18. The zero-order chi connectivity index (χ0) is 49.2. The molecule has 0 heterocycles. The van der Waals surface area contributed by atoms with E-state index >= 15 is 0 Å². The second-order valence-corrected chi connectivity index (χ2v) is 18.4. The Morgan fingerprint density at radius 3 is 1.12 bits per heavy atom. The van der Waals surface area contributed by atoms with Gasteiger partial charge in [-0.05, 0) is 116 Å². The predicted octanol–water partition coefficient (Wildman–Crippen LogP) is 19.6. The maximum atomic E-state index is 12.8. The molecule has 0 aliphatic carbocycles. The molecule has 68 heavy (non-hydrogen) atoms. The van der Waals surface area contributed by atoms with E-state index < -0.39 is 6.10 Å². The number of ether oxygens (including phenoxy) is 3. The van der Waals surface area contributed by atoms with Gasteiger partial charge in [0.05, 0.1) is 6.61 Å². The Labute approximate surface area is 421 Å². The fraction of sp³-hybridized carbons (Fsp3) is 0.683. The van der Waals surface area contributed by atoms with Gasteiger partial charge in [0.15, 0.2) is 6.10 Å². The summed E-state index contributed by atoms with van der Waals surface area (Å²) < 4.78 is 17.4. The van der Waals surface area contributed by atoms with Crippen molar-refractivity contribution in [3.05, 3.63) is 109 Å². The van der Waals surface area contributed by atoms with Gasteiger partial charge >= 0.3 is 11.9 Å². The van der Waals surface area contributed by atoms with Crippen molar-refractivity contribution in [3.63, 3.8) is 0 Å². The second-order valence-electron chi connectivity index (χ2n) is 18.4. The lowest BCUT2D eigenvalue weighted by Crippen LogP contribution is -2.30. The first kappa shape index (κ1) is 64.6. The number of carbonyl (C=O) groups excluding carboxylic acids is 2. The largest absolute Gasteiger partial charge is 0.462 e. The van der Waals surface area contributed by atoms with Crippen LogP contribution in [0.15, 0.2) is 109 Å². The van der Waals surface area contributed by atoms with Crippen LogP contribution in [0, 0.1) is 0 Å². The van der Waals surface area contributed by atoms with Gasteiger partial charge in [0.1, 0.15) is 6.61 Å². The average molecular weight is 944 g/mol. The minimum absolute atomic E-state index is 0.0432. The SMILES string of the molecule is CC/C=C\C/C=C\C/C=C\C/C=C\CCC(=O)OC(COCCCCCCCCCCCC/C=C\C/C=C\CCCCC)COC(=O)CCCCCCCC/C=C\C/C=C\C/C=C\CCCCC. The fourth-order valence-electron chi connectivity index (χ4n) is 7.56. The van der Waals surface area contributed by atoms with Gasteiger partial charge in [-0.15, -0.1) is 0 Å². The highest BCUT2D eigenvalue weighted by atomic mass is 16.6. The molecule has 0 saturated heterocycles. The van der Waals surface area contributed by atoms with E-state index in [1.807, 2.05) is 6.08 Å². The highest BCUT2D eigenvalue weighted by Crippen LogP contribution is 2.14. The second kappa shape index (κ2) is 57.9. The summed E-state index contributed by atoms with van der Waals surface area (Å²) in [5.41, 5.74) is 0. The normalized spacial score (nSPS) is 13.0. The van der Waals surface area contributed by atoms with Gasteiger partial charge in [-0.2, -0.15) is 0 Å². The number of hydrogen-bond acceptors (Lipinski definition) is 5. The minimum atomic E-state index is -0.588. The third-order valence-electron chi connectivity index (χ3n) is 11.8. The maximum Gasteiger partial charge on any atom is 0.306 e. The van der Waals surface area contributed by atoms with E-state index in [9.17, 15) is 9.59 Å². The van der Waals surface area contributed by atoms with Crippen LogP contribution < -0.4 is 0 Å². The number of esters is 2. The molecule has 0 spiro atoms. The van der Waals surface area contributed by atoms with Crippen LogP contribution in [0.3, 0.4) is 0 Å². The van der Waals surface area contributed by atoms with Crippen molar-refractivity contribution in [2.75, 3.05) is 19.8 Å². The zero-order valence-corrected chi connectivity index (χ0v) is 44.6. The van der Waals surface area contributed by atoms with Gasteiger partial charge in [0.2, 0.25) is 0 Å². The third-order valence-corrected chi connectivity index (χ3v) is 11.8. The molecule has 388 valence electrons. The van der Waals surface area contributed by atoms with Crippen LogP contribution in [0.1, 0.15) is 252 Å². The molecule has 0 amide bonds. The lowest BCUT2D eigenvalue weighted by atomic mass is 10.1. The van der Waals surface area contributed by atoms with Crippen molar-refractivity contribution < 1.29 is 23.8 Å². The van der Waals surface area contributed by atoms with E-state index in [1.54, 1.807) is 0 Å². The Balaban J connectivity index is 4.34. The number of rotatable bonds is 51. The van der Waals surface area contributed by atoms with E-state index in [1.165, 1.54) is 128 Å². The fourth-order valence-corrected chi connectivity index (χ4v) is 7.56. The lowest BCUT2D eigenvalue weighted by Gasteiger charge is -2.18. The summed E-state index contributed by atoms with van der Waals surface area (Å²) in [5.74, 6) is -0.508. The van der Waals surface area contributed by atoms with Crippen LogP contribution in [-0.4, -0.2) is 37.9 Å². The van der Waals surface area contributed by atoms with E-state index in [2.05, 4.69) is 124 Å². The lowest BCUT2D eigenvalue weighted by molar-refractivity contribution is -0.162. The number of carbonyl (C=O) groups is 2. The Morgan fingerprint density at radius 2 is 0.691 bits per heavy atom. The monoisotopic (exact) mass is 943 g/mol. The summed E-state index contributed by atoms with van der Waals surface area (Å²) in [6.07, 6.45) is 79.8. The molecular formula is C63H106O5. The quantitative estimate of drug-likeness (QED) is 0.0345. The first-order chi connectivity index (χ1) is 33.6. The van der Waals surface area contributed by atoms with Crippen molar-refractivity contribution >= 4 is 11.9 Å². The molecule has 0 aromatic rings. The molecule has 0 aliphatic heterocycles. The minimum Gasteiger partial charge on any atom is -0.462 e. The highest BCUT2D eigenvalue weighted by molar-refractivity contribution is 5.70. The van der Waals surface area contributed by atoms with Gasteiger partial charge in [0.25, 0.3) is 0 Å². The Bertz CT molecular complexity index is 1340. The molecule has 1 unspecified atom stereocenters. The molecule has 0 rings (SSSR count). The molecule has 0 bridgehead atoms. The Morgan fingerprint density at radius 1 is 0.338 bits per heavy atom. The first-order valence-corrected chi connectivity index (χ1v) is 28.4.